The minimum Gasteiger partial charge on any atom is -0.461 e. The maximum atomic E-state index is 12.0. The van der Waals surface area contributed by atoms with Gasteiger partial charge in [-0.15, -0.1) is 0 Å². The smallest absolute Gasteiger partial charge is 0.329 e. The third-order valence-electron chi connectivity index (χ3n) is 3.30. The van der Waals surface area contributed by atoms with Gasteiger partial charge < -0.3 is 9.30 Å². The van der Waals surface area contributed by atoms with Gasteiger partial charge in [-0.1, -0.05) is 13.0 Å². The largest absolute Gasteiger partial charge is 0.461 e. The third kappa shape index (κ3) is 2.80. The fourth-order valence-corrected chi connectivity index (χ4v) is 2.22. The van der Waals surface area contributed by atoms with Gasteiger partial charge in [0.25, 0.3) is 0 Å². The first-order chi connectivity index (χ1) is 9.02. The van der Waals surface area contributed by atoms with Crippen molar-refractivity contribution in [2.75, 3.05) is 0 Å². The lowest BCUT2D eigenvalue weighted by Crippen LogP contribution is -2.21. The van der Waals surface area contributed by atoms with E-state index in [1.165, 1.54) is 10.9 Å². The summed E-state index contributed by atoms with van der Waals surface area (Å²) in [7, 11) is 0. The SMILES string of the molecule is CCc1ccc2c(ccn2C(C)C(=O)OC(C)C)c1. The molecule has 0 fully saturated rings. The number of carbonyl (C=O) groups excluding carboxylic acids is 1. The molecule has 0 radical (unpaired) electrons. The Hall–Kier alpha value is -1.77. The maximum Gasteiger partial charge on any atom is 0.329 e. The Balaban J connectivity index is 2.32. The van der Waals surface area contributed by atoms with E-state index in [1.54, 1.807) is 0 Å². The van der Waals surface area contributed by atoms with Crippen molar-refractivity contribution in [3.8, 4) is 0 Å². The molecule has 0 aliphatic carbocycles. The molecular weight excluding hydrogens is 238 g/mol. The van der Waals surface area contributed by atoms with Crippen molar-refractivity contribution in [3.63, 3.8) is 0 Å². The number of rotatable bonds is 4. The Morgan fingerprint density at radius 1 is 1.26 bits per heavy atom. The summed E-state index contributed by atoms with van der Waals surface area (Å²) in [5.41, 5.74) is 2.38. The van der Waals surface area contributed by atoms with Crippen LogP contribution in [0, 0.1) is 0 Å². The number of hydrogen-bond donors (Lipinski definition) is 0. The number of aromatic nitrogens is 1. The van der Waals surface area contributed by atoms with Gasteiger partial charge in [-0.25, -0.2) is 4.79 Å². The normalized spacial score (nSPS) is 12.9. The second-order valence-electron chi connectivity index (χ2n) is 5.13. The summed E-state index contributed by atoms with van der Waals surface area (Å²) in [6, 6.07) is 8.11. The van der Waals surface area contributed by atoms with Crippen LogP contribution in [0.15, 0.2) is 30.5 Å². The van der Waals surface area contributed by atoms with Crippen molar-refractivity contribution >= 4 is 16.9 Å². The van der Waals surface area contributed by atoms with Crippen LogP contribution in [0.25, 0.3) is 10.9 Å². The number of carbonyl (C=O) groups is 1. The van der Waals surface area contributed by atoms with Crippen LogP contribution in [0.2, 0.25) is 0 Å². The monoisotopic (exact) mass is 259 g/mol. The highest BCUT2D eigenvalue weighted by atomic mass is 16.5. The molecule has 0 saturated heterocycles. The molecule has 0 bridgehead atoms. The molecule has 102 valence electrons. The van der Waals surface area contributed by atoms with Crippen LogP contribution >= 0.6 is 0 Å². The highest BCUT2D eigenvalue weighted by Gasteiger charge is 2.18. The van der Waals surface area contributed by atoms with E-state index in [0.717, 1.165) is 11.9 Å². The van der Waals surface area contributed by atoms with Gasteiger partial charge in [0.15, 0.2) is 0 Å². The van der Waals surface area contributed by atoms with Gasteiger partial charge in [-0.3, -0.25) is 0 Å². The quantitative estimate of drug-likeness (QED) is 0.784. The van der Waals surface area contributed by atoms with E-state index in [9.17, 15) is 4.79 Å². The first kappa shape index (κ1) is 13.7. The summed E-state index contributed by atoms with van der Waals surface area (Å²) >= 11 is 0. The Morgan fingerprint density at radius 2 is 2.00 bits per heavy atom. The summed E-state index contributed by atoms with van der Waals surface area (Å²) in [4.78, 5) is 12.0. The average Bonchev–Trinajstić information content (AvgIpc) is 2.79. The van der Waals surface area contributed by atoms with Crippen LogP contribution in [0.1, 0.15) is 39.3 Å². The zero-order valence-electron chi connectivity index (χ0n) is 12.0. The molecule has 2 rings (SSSR count). The van der Waals surface area contributed by atoms with Crippen molar-refractivity contribution < 1.29 is 9.53 Å². The fourth-order valence-electron chi connectivity index (χ4n) is 2.22. The second-order valence-corrected chi connectivity index (χ2v) is 5.13. The number of ether oxygens (including phenoxy) is 1. The standard InChI is InChI=1S/C16H21NO2/c1-5-13-6-7-15-14(10-13)8-9-17(15)12(4)16(18)19-11(2)3/h6-12H,5H2,1-4H3. The topological polar surface area (TPSA) is 31.2 Å². The first-order valence-electron chi connectivity index (χ1n) is 6.83. The van der Waals surface area contributed by atoms with Crippen LogP contribution in [-0.4, -0.2) is 16.6 Å². The second kappa shape index (κ2) is 5.47. The molecule has 0 aliphatic rings. The zero-order valence-corrected chi connectivity index (χ0v) is 12.0. The molecule has 0 spiro atoms. The molecule has 3 nitrogen and oxygen atoms in total. The summed E-state index contributed by atoms with van der Waals surface area (Å²) in [5.74, 6) is -0.188. The predicted molar refractivity (Wildman–Crippen MR) is 77.3 cm³/mol. The Labute approximate surface area is 114 Å². The first-order valence-corrected chi connectivity index (χ1v) is 6.83. The van der Waals surface area contributed by atoms with Crippen LogP contribution in [0.5, 0.6) is 0 Å². The molecule has 0 saturated carbocycles. The van der Waals surface area contributed by atoms with Gasteiger partial charge in [-0.05, 0) is 56.3 Å². The van der Waals surface area contributed by atoms with Crippen molar-refractivity contribution in [3.05, 3.63) is 36.0 Å². The molecule has 1 aromatic heterocycles. The molecule has 1 aromatic carbocycles. The number of hydrogen-bond acceptors (Lipinski definition) is 2. The van der Waals surface area contributed by atoms with Crippen molar-refractivity contribution in [2.24, 2.45) is 0 Å². The molecule has 1 atom stereocenters. The minimum absolute atomic E-state index is 0.0801. The molecule has 3 heteroatoms. The number of esters is 1. The molecule has 0 amide bonds. The summed E-state index contributed by atoms with van der Waals surface area (Å²) in [5, 5.41) is 1.17. The molecule has 1 heterocycles. The summed E-state index contributed by atoms with van der Waals surface area (Å²) in [6.45, 7) is 7.75. The predicted octanol–water partition coefficient (Wildman–Crippen LogP) is 3.72. The van der Waals surface area contributed by atoms with E-state index in [-0.39, 0.29) is 18.1 Å². The highest BCUT2D eigenvalue weighted by molar-refractivity contribution is 5.84. The summed E-state index contributed by atoms with van der Waals surface area (Å²) < 4.78 is 7.24. The zero-order chi connectivity index (χ0) is 14.0. The lowest BCUT2D eigenvalue weighted by atomic mass is 10.1. The van der Waals surface area contributed by atoms with Gasteiger partial charge in [0.2, 0.25) is 0 Å². The fraction of sp³-hybridized carbons (Fsp3) is 0.438. The van der Waals surface area contributed by atoms with Crippen molar-refractivity contribution in [1.82, 2.24) is 4.57 Å². The number of fused-ring (bicyclic) bond motifs is 1. The van der Waals surface area contributed by atoms with Gasteiger partial charge in [0.1, 0.15) is 6.04 Å². The molecule has 1 unspecified atom stereocenters. The molecule has 0 aliphatic heterocycles. The van der Waals surface area contributed by atoms with Gasteiger partial charge in [0.05, 0.1) is 6.10 Å². The van der Waals surface area contributed by atoms with Crippen LogP contribution in [0.3, 0.4) is 0 Å². The van der Waals surface area contributed by atoms with Crippen LogP contribution in [0.4, 0.5) is 0 Å². The Kier molecular flexibility index (Phi) is 3.93. The van der Waals surface area contributed by atoms with E-state index in [0.29, 0.717) is 0 Å². The van der Waals surface area contributed by atoms with Crippen molar-refractivity contribution in [1.29, 1.82) is 0 Å². The van der Waals surface area contributed by atoms with Gasteiger partial charge in [-0.2, -0.15) is 0 Å². The Bertz CT molecular complexity index is 583. The maximum absolute atomic E-state index is 12.0. The van der Waals surface area contributed by atoms with Gasteiger partial charge in [0, 0.05) is 11.7 Å². The lowest BCUT2D eigenvalue weighted by molar-refractivity contribution is -0.150. The molecule has 0 N–H and O–H groups in total. The van der Waals surface area contributed by atoms with E-state index in [4.69, 9.17) is 4.74 Å². The average molecular weight is 259 g/mol. The van der Waals surface area contributed by atoms with E-state index in [1.807, 2.05) is 37.6 Å². The lowest BCUT2D eigenvalue weighted by Gasteiger charge is -2.16. The molecule has 2 aromatic rings. The third-order valence-corrected chi connectivity index (χ3v) is 3.30. The van der Waals surface area contributed by atoms with Crippen LogP contribution in [-0.2, 0) is 16.0 Å². The summed E-state index contributed by atoms with van der Waals surface area (Å²) in [6.07, 6.45) is 2.89. The van der Waals surface area contributed by atoms with Crippen LogP contribution < -0.4 is 0 Å². The highest BCUT2D eigenvalue weighted by Crippen LogP contribution is 2.22. The van der Waals surface area contributed by atoms with E-state index in [2.05, 4.69) is 25.1 Å². The van der Waals surface area contributed by atoms with Crippen molar-refractivity contribution in [2.45, 2.75) is 46.3 Å². The number of nitrogens with zero attached hydrogens (tertiary/aromatic N) is 1. The number of aryl methyl sites for hydroxylation is 1. The van der Waals surface area contributed by atoms with E-state index >= 15 is 0 Å². The number of benzene rings is 1. The van der Waals surface area contributed by atoms with E-state index < -0.39 is 0 Å². The molecule has 19 heavy (non-hydrogen) atoms. The van der Waals surface area contributed by atoms with Gasteiger partial charge >= 0.3 is 5.97 Å². The molecular formula is C16H21NO2. The minimum atomic E-state index is -0.299. The Morgan fingerprint density at radius 3 is 2.63 bits per heavy atom.